The van der Waals surface area contributed by atoms with E-state index in [0.29, 0.717) is 5.82 Å². The monoisotopic (exact) mass is 197 g/mol. The SMILES string of the molecule is CCn1ccc(NC(C)/C(N)=N/O)n1. The van der Waals surface area contributed by atoms with Crippen LogP contribution in [0.4, 0.5) is 5.82 Å². The molecule has 1 atom stereocenters. The van der Waals surface area contributed by atoms with Crippen molar-refractivity contribution in [3.05, 3.63) is 12.3 Å². The van der Waals surface area contributed by atoms with Gasteiger partial charge in [0.05, 0.1) is 6.04 Å². The Labute approximate surface area is 82.4 Å². The summed E-state index contributed by atoms with van der Waals surface area (Å²) in [6.45, 7) is 4.61. The van der Waals surface area contributed by atoms with Gasteiger partial charge in [0.25, 0.3) is 0 Å². The van der Waals surface area contributed by atoms with Crippen molar-refractivity contribution in [1.29, 1.82) is 0 Å². The lowest BCUT2D eigenvalue weighted by Crippen LogP contribution is -2.33. The maximum atomic E-state index is 8.43. The lowest BCUT2D eigenvalue weighted by atomic mass is 10.3. The van der Waals surface area contributed by atoms with Crippen LogP contribution in [0.5, 0.6) is 0 Å². The molecular formula is C8H15N5O. The molecule has 0 saturated heterocycles. The molecule has 14 heavy (non-hydrogen) atoms. The van der Waals surface area contributed by atoms with Crippen LogP contribution in [0.25, 0.3) is 0 Å². The maximum Gasteiger partial charge on any atom is 0.161 e. The summed E-state index contributed by atoms with van der Waals surface area (Å²) in [5.41, 5.74) is 5.41. The standard InChI is InChI=1S/C8H15N5O/c1-3-13-5-4-7(11-13)10-6(2)8(9)12-14/h4-6,14H,3H2,1-2H3,(H2,9,12)(H,10,11). The summed E-state index contributed by atoms with van der Waals surface area (Å²) in [4.78, 5) is 0. The molecule has 0 radical (unpaired) electrons. The average molecular weight is 197 g/mol. The zero-order valence-electron chi connectivity index (χ0n) is 8.31. The van der Waals surface area contributed by atoms with E-state index in [2.05, 4.69) is 15.6 Å². The van der Waals surface area contributed by atoms with Crippen molar-refractivity contribution in [1.82, 2.24) is 9.78 Å². The van der Waals surface area contributed by atoms with E-state index in [1.54, 1.807) is 11.6 Å². The predicted molar refractivity (Wildman–Crippen MR) is 54.4 cm³/mol. The van der Waals surface area contributed by atoms with Crippen molar-refractivity contribution in [2.24, 2.45) is 10.9 Å². The van der Waals surface area contributed by atoms with Crippen molar-refractivity contribution in [3.8, 4) is 0 Å². The summed E-state index contributed by atoms with van der Waals surface area (Å²) in [5.74, 6) is 0.849. The van der Waals surface area contributed by atoms with Gasteiger partial charge in [-0.15, -0.1) is 0 Å². The second kappa shape index (κ2) is 4.50. The molecule has 0 bridgehead atoms. The second-order valence-corrected chi connectivity index (χ2v) is 2.95. The maximum absolute atomic E-state index is 8.43. The van der Waals surface area contributed by atoms with Gasteiger partial charge < -0.3 is 16.3 Å². The fourth-order valence-corrected chi connectivity index (χ4v) is 0.997. The summed E-state index contributed by atoms with van der Waals surface area (Å²) in [6.07, 6.45) is 1.86. The van der Waals surface area contributed by atoms with Crippen LogP contribution in [0.2, 0.25) is 0 Å². The third-order valence-electron chi connectivity index (χ3n) is 1.89. The van der Waals surface area contributed by atoms with Gasteiger partial charge in [-0.1, -0.05) is 5.16 Å². The first-order valence-electron chi connectivity index (χ1n) is 4.44. The number of hydrogen-bond acceptors (Lipinski definition) is 4. The molecule has 0 fully saturated rings. The highest BCUT2D eigenvalue weighted by molar-refractivity contribution is 5.87. The molecule has 0 aliphatic carbocycles. The van der Waals surface area contributed by atoms with Crippen molar-refractivity contribution >= 4 is 11.7 Å². The van der Waals surface area contributed by atoms with E-state index >= 15 is 0 Å². The Balaban J connectivity index is 2.60. The van der Waals surface area contributed by atoms with Gasteiger partial charge in [-0.2, -0.15) is 5.10 Å². The number of aryl methyl sites for hydroxylation is 1. The number of oxime groups is 1. The van der Waals surface area contributed by atoms with Gasteiger partial charge in [0.2, 0.25) is 0 Å². The summed E-state index contributed by atoms with van der Waals surface area (Å²) in [7, 11) is 0. The van der Waals surface area contributed by atoms with E-state index in [1.807, 2.05) is 19.2 Å². The lowest BCUT2D eigenvalue weighted by molar-refractivity contribution is 0.316. The first-order valence-corrected chi connectivity index (χ1v) is 4.44. The number of hydrogen-bond donors (Lipinski definition) is 3. The molecule has 1 aromatic rings. The Kier molecular flexibility index (Phi) is 3.33. The number of nitrogens with zero attached hydrogens (tertiary/aromatic N) is 3. The molecule has 0 aliphatic rings. The van der Waals surface area contributed by atoms with E-state index in [1.165, 1.54) is 0 Å². The van der Waals surface area contributed by atoms with Crippen LogP contribution in [0.1, 0.15) is 13.8 Å². The van der Waals surface area contributed by atoms with Crippen molar-refractivity contribution in [3.63, 3.8) is 0 Å². The molecule has 1 unspecified atom stereocenters. The molecule has 0 aliphatic heterocycles. The Bertz CT molecular complexity index is 319. The highest BCUT2D eigenvalue weighted by atomic mass is 16.4. The molecule has 1 rings (SSSR count). The smallest absolute Gasteiger partial charge is 0.161 e. The molecule has 78 valence electrons. The average Bonchev–Trinajstić information content (AvgIpc) is 2.64. The zero-order chi connectivity index (χ0) is 10.6. The molecule has 0 aromatic carbocycles. The lowest BCUT2D eigenvalue weighted by Gasteiger charge is -2.10. The van der Waals surface area contributed by atoms with Gasteiger partial charge >= 0.3 is 0 Å². The van der Waals surface area contributed by atoms with Crippen LogP contribution in [0.3, 0.4) is 0 Å². The third-order valence-corrected chi connectivity index (χ3v) is 1.89. The minimum absolute atomic E-state index is 0.135. The minimum Gasteiger partial charge on any atom is -0.409 e. The Morgan fingerprint density at radius 2 is 2.57 bits per heavy atom. The van der Waals surface area contributed by atoms with E-state index in [-0.39, 0.29) is 11.9 Å². The number of amidine groups is 1. The molecule has 0 saturated carbocycles. The summed E-state index contributed by atoms with van der Waals surface area (Å²) >= 11 is 0. The van der Waals surface area contributed by atoms with Crippen molar-refractivity contribution in [2.45, 2.75) is 26.4 Å². The molecule has 0 spiro atoms. The molecular weight excluding hydrogens is 182 g/mol. The zero-order valence-corrected chi connectivity index (χ0v) is 8.31. The largest absolute Gasteiger partial charge is 0.409 e. The van der Waals surface area contributed by atoms with Crippen molar-refractivity contribution < 1.29 is 5.21 Å². The van der Waals surface area contributed by atoms with Crippen molar-refractivity contribution in [2.75, 3.05) is 5.32 Å². The fraction of sp³-hybridized carbons (Fsp3) is 0.500. The second-order valence-electron chi connectivity index (χ2n) is 2.95. The number of nitrogens with two attached hydrogens (primary N) is 1. The highest BCUT2D eigenvalue weighted by Gasteiger charge is 2.08. The Hall–Kier alpha value is -1.72. The van der Waals surface area contributed by atoms with Crippen LogP contribution >= 0.6 is 0 Å². The van der Waals surface area contributed by atoms with Crippen LogP contribution in [0.15, 0.2) is 17.4 Å². The van der Waals surface area contributed by atoms with Gasteiger partial charge in [0, 0.05) is 18.8 Å². The van der Waals surface area contributed by atoms with E-state index in [0.717, 1.165) is 6.54 Å². The quantitative estimate of drug-likeness (QED) is 0.283. The van der Waals surface area contributed by atoms with Crippen LogP contribution in [-0.2, 0) is 6.54 Å². The van der Waals surface area contributed by atoms with E-state index < -0.39 is 0 Å². The van der Waals surface area contributed by atoms with Gasteiger partial charge in [0.15, 0.2) is 5.84 Å². The predicted octanol–water partition coefficient (Wildman–Crippen LogP) is 0.450. The summed E-state index contributed by atoms with van der Waals surface area (Å²) in [6, 6.07) is 1.60. The number of rotatable bonds is 4. The summed E-state index contributed by atoms with van der Waals surface area (Å²) < 4.78 is 1.79. The minimum atomic E-state index is -0.236. The molecule has 6 heteroatoms. The summed E-state index contributed by atoms with van der Waals surface area (Å²) in [5, 5.41) is 18.5. The van der Waals surface area contributed by atoms with Crippen LogP contribution in [0, 0.1) is 0 Å². The topological polar surface area (TPSA) is 88.5 Å². The molecule has 6 nitrogen and oxygen atoms in total. The van der Waals surface area contributed by atoms with E-state index in [9.17, 15) is 0 Å². The van der Waals surface area contributed by atoms with Crippen LogP contribution < -0.4 is 11.1 Å². The molecule has 1 heterocycles. The third kappa shape index (κ3) is 2.38. The molecule has 0 amide bonds. The van der Waals surface area contributed by atoms with Gasteiger partial charge in [-0.3, -0.25) is 4.68 Å². The number of aromatic nitrogens is 2. The molecule has 4 N–H and O–H groups in total. The number of nitrogens with one attached hydrogen (secondary N) is 1. The van der Waals surface area contributed by atoms with Crippen LogP contribution in [-0.4, -0.2) is 26.9 Å². The van der Waals surface area contributed by atoms with Gasteiger partial charge in [0.1, 0.15) is 5.82 Å². The Morgan fingerprint density at radius 3 is 3.07 bits per heavy atom. The molecule has 1 aromatic heterocycles. The highest BCUT2D eigenvalue weighted by Crippen LogP contribution is 2.04. The van der Waals surface area contributed by atoms with Gasteiger partial charge in [-0.25, -0.2) is 0 Å². The van der Waals surface area contributed by atoms with E-state index in [4.69, 9.17) is 10.9 Å². The number of anilines is 1. The Morgan fingerprint density at radius 1 is 1.86 bits per heavy atom. The van der Waals surface area contributed by atoms with Gasteiger partial charge in [-0.05, 0) is 13.8 Å². The first-order chi connectivity index (χ1) is 6.67. The normalized spacial score (nSPS) is 14.0. The first kappa shape index (κ1) is 10.4. The fourth-order valence-electron chi connectivity index (χ4n) is 0.997.